The van der Waals surface area contributed by atoms with Crippen molar-refractivity contribution in [2.24, 2.45) is 0 Å². The minimum atomic E-state index is -0.211. The largest absolute Gasteiger partial charge is 0.346 e. The Morgan fingerprint density at radius 2 is 2.50 bits per heavy atom. The lowest BCUT2D eigenvalue weighted by Crippen LogP contribution is -2.36. The third-order valence-corrected chi connectivity index (χ3v) is 2.26. The van der Waals surface area contributed by atoms with Gasteiger partial charge in [0.05, 0.1) is 0 Å². The number of amides is 1. The Balaban J connectivity index is 1.98. The number of aromatic nitrogens is 2. The highest BCUT2D eigenvalue weighted by molar-refractivity contribution is 5.93. The van der Waals surface area contributed by atoms with Gasteiger partial charge in [0.15, 0.2) is 5.69 Å². The fraction of sp³-hybridized carbons (Fsp3) is 0.625. The number of aryl methyl sites for hydroxylation is 1. The van der Waals surface area contributed by atoms with E-state index in [0.717, 1.165) is 19.5 Å². The molecule has 1 unspecified atom stereocenters. The van der Waals surface area contributed by atoms with Crippen molar-refractivity contribution in [3.05, 3.63) is 11.4 Å². The molecule has 1 amide bonds. The third kappa shape index (κ3) is 1.74. The highest BCUT2D eigenvalue weighted by atomic mass is 16.6. The lowest BCUT2D eigenvalue weighted by molar-refractivity contribution is 0.0929. The minimum Gasteiger partial charge on any atom is -0.346 e. The SMILES string of the molecule is Cc1nonc1C(=O)NC1CCNC1. The first-order valence-electron chi connectivity index (χ1n) is 4.58. The highest BCUT2D eigenvalue weighted by Crippen LogP contribution is 2.03. The van der Waals surface area contributed by atoms with Crippen LogP contribution in [0.5, 0.6) is 0 Å². The fourth-order valence-electron chi connectivity index (χ4n) is 1.47. The van der Waals surface area contributed by atoms with Crippen LogP contribution < -0.4 is 10.6 Å². The van der Waals surface area contributed by atoms with E-state index in [4.69, 9.17) is 0 Å². The number of hydrogen-bond donors (Lipinski definition) is 2. The molecule has 6 heteroatoms. The second-order valence-corrected chi connectivity index (χ2v) is 3.36. The van der Waals surface area contributed by atoms with Gasteiger partial charge in [-0.1, -0.05) is 5.16 Å². The Hall–Kier alpha value is -1.43. The fourth-order valence-corrected chi connectivity index (χ4v) is 1.47. The van der Waals surface area contributed by atoms with Gasteiger partial charge in [0.25, 0.3) is 5.91 Å². The highest BCUT2D eigenvalue weighted by Gasteiger charge is 2.21. The topological polar surface area (TPSA) is 80.0 Å². The first-order valence-corrected chi connectivity index (χ1v) is 4.58. The van der Waals surface area contributed by atoms with Crippen LogP contribution in [0.1, 0.15) is 22.6 Å². The van der Waals surface area contributed by atoms with Crippen molar-refractivity contribution in [1.82, 2.24) is 20.9 Å². The van der Waals surface area contributed by atoms with E-state index in [1.165, 1.54) is 0 Å². The first-order chi connectivity index (χ1) is 6.77. The summed E-state index contributed by atoms with van der Waals surface area (Å²) < 4.78 is 4.45. The van der Waals surface area contributed by atoms with Crippen LogP contribution in [0.3, 0.4) is 0 Å². The van der Waals surface area contributed by atoms with Gasteiger partial charge < -0.3 is 10.6 Å². The zero-order valence-electron chi connectivity index (χ0n) is 7.91. The normalized spacial score (nSPS) is 21.1. The molecule has 1 aromatic rings. The van der Waals surface area contributed by atoms with Crippen LogP contribution in [0.4, 0.5) is 0 Å². The maximum absolute atomic E-state index is 11.6. The Morgan fingerprint density at radius 1 is 1.64 bits per heavy atom. The lowest BCUT2D eigenvalue weighted by atomic mass is 10.2. The number of hydrogen-bond acceptors (Lipinski definition) is 5. The van der Waals surface area contributed by atoms with Crippen molar-refractivity contribution in [3.63, 3.8) is 0 Å². The summed E-state index contributed by atoms with van der Waals surface area (Å²) in [5.74, 6) is -0.211. The van der Waals surface area contributed by atoms with Gasteiger partial charge in [0.2, 0.25) is 0 Å². The van der Waals surface area contributed by atoms with Gasteiger partial charge in [-0.2, -0.15) is 0 Å². The summed E-state index contributed by atoms with van der Waals surface area (Å²) in [5.41, 5.74) is 0.797. The van der Waals surface area contributed by atoms with Crippen molar-refractivity contribution in [2.75, 3.05) is 13.1 Å². The van der Waals surface area contributed by atoms with E-state index in [-0.39, 0.29) is 17.6 Å². The Bertz CT molecular complexity index is 330. The molecular formula is C8H12N4O2. The molecule has 76 valence electrons. The second-order valence-electron chi connectivity index (χ2n) is 3.36. The Labute approximate surface area is 81.0 Å². The number of nitrogens with one attached hydrogen (secondary N) is 2. The van der Waals surface area contributed by atoms with Gasteiger partial charge in [-0.05, 0) is 25.0 Å². The van der Waals surface area contributed by atoms with Crippen molar-refractivity contribution >= 4 is 5.91 Å². The second kappa shape index (κ2) is 3.75. The molecule has 1 aliphatic heterocycles. The van der Waals surface area contributed by atoms with E-state index in [2.05, 4.69) is 25.6 Å². The number of rotatable bonds is 2. The van der Waals surface area contributed by atoms with Crippen LogP contribution in [0.2, 0.25) is 0 Å². The summed E-state index contributed by atoms with van der Waals surface area (Å²) in [6.07, 6.45) is 0.954. The zero-order valence-corrected chi connectivity index (χ0v) is 7.91. The standard InChI is InChI=1S/C8H12N4O2/c1-5-7(12-14-11-5)8(13)10-6-2-3-9-4-6/h6,9H,2-4H2,1H3,(H,10,13). The molecule has 0 saturated carbocycles. The molecule has 0 aromatic carbocycles. The molecule has 6 nitrogen and oxygen atoms in total. The van der Waals surface area contributed by atoms with E-state index >= 15 is 0 Å². The van der Waals surface area contributed by atoms with Crippen molar-refractivity contribution in [3.8, 4) is 0 Å². The molecule has 14 heavy (non-hydrogen) atoms. The van der Waals surface area contributed by atoms with E-state index in [0.29, 0.717) is 5.69 Å². The van der Waals surface area contributed by atoms with Crippen LogP contribution in [-0.4, -0.2) is 35.4 Å². The summed E-state index contributed by atoms with van der Waals surface area (Å²) >= 11 is 0. The number of carbonyl (C=O) groups is 1. The predicted molar refractivity (Wildman–Crippen MR) is 47.8 cm³/mol. The van der Waals surface area contributed by atoms with Gasteiger partial charge >= 0.3 is 0 Å². The van der Waals surface area contributed by atoms with Gasteiger partial charge in [0.1, 0.15) is 5.69 Å². The summed E-state index contributed by atoms with van der Waals surface area (Å²) in [5, 5.41) is 13.1. The summed E-state index contributed by atoms with van der Waals surface area (Å²) in [4.78, 5) is 11.6. The summed E-state index contributed by atoms with van der Waals surface area (Å²) in [6, 6.07) is 0.193. The van der Waals surface area contributed by atoms with Crippen molar-refractivity contribution in [2.45, 2.75) is 19.4 Å². The lowest BCUT2D eigenvalue weighted by Gasteiger charge is -2.08. The molecule has 1 aromatic heterocycles. The Morgan fingerprint density at radius 3 is 3.07 bits per heavy atom. The number of carbonyl (C=O) groups excluding carboxylic acids is 1. The third-order valence-electron chi connectivity index (χ3n) is 2.26. The Kier molecular flexibility index (Phi) is 2.45. The van der Waals surface area contributed by atoms with Gasteiger partial charge in [-0.3, -0.25) is 4.79 Å². The molecular weight excluding hydrogens is 184 g/mol. The molecule has 1 aliphatic rings. The van der Waals surface area contributed by atoms with E-state index < -0.39 is 0 Å². The van der Waals surface area contributed by atoms with E-state index in [1.54, 1.807) is 6.92 Å². The monoisotopic (exact) mass is 196 g/mol. The zero-order chi connectivity index (χ0) is 9.97. The maximum Gasteiger partial charge on any atom is 0.275 e. The van der Waals surface area contributed by atoms with Crippen LogP contribution >= 0.6 is 0 Å². The molecule has 2 N–H and O–H groups in total. The first kappa shape index (κ1) is 9.14. The predicted octanol–water partition coefficient (Wildman–Crippen LogP) is -0.530. The van der Waals surface area contributed by atoms with Crippen molar-refractivity contribution in [1.29, 1.82) is 0 Å². The summed E-state index contributed by atoms with van der Waals surface area (Å²) in [6.45, 7) is 3.45. The minimum absolute atomic E-state index is 0.193. The molecule has 2 rings (SSSR count). The number of nitrogens with zero attached hydrogens (tertiary/aromatic N) is 2. The molecule has 1 saturated heterocycles. The molecule has 1 fully saturated rings. The average molecular weight is 196 g/mol. The van der Waals surface area contributed by atoms with Crippen LogP contribution in [0.15, 0.2) is 4.63 Å². The maximum atomic E-state index is 11.6. The molecule has 0 aliphatic carbocycles. The smallest absolute Gasteiger partial charge is 0.275 e. The average Bonchev–Trinajstić information content (AvgIpc) is 2.75. The van der Waals surface area contributed by atoms with Crippen molar-refractivity contribution < 1.29 is 9.42 Å². The molecule has 0 radical (unpaired) electrons. The molecule has 1 atom stereocenters. The van der Waals surface area contributed by atoms with Crippen LogP contribution in [-0.2, 0) is 0 Å². The van der Waals surface area contributed by atoms with Crippen LogP contribution in [0, 0.1) is 6.92 Å². The summed E-state index contributed by atoms with van der Waals surface area (Å²) in [7, 11) is 0. The van der Waals surface area contributed by atoms with Gasteiger partial charge in [0, 0.05) is 12.6 Å². The van der Waals surface area contributed by atoms with Crippen LogP contribution in [0.25, 0.3) is 0 Å². The van der Waals surface area contributed by atoms with Gasteiger partial charge in [-0.15, -0.1) is 0 Å². The van der Waals surface area contributed by atoms with E-state index in [9.17, 15) is 4.79 Å². The van der Waals surface area contributed by atoms with Gasteiger partial charge in [-0.25, -0.2) is 4.63 Å². The molecule has 0 spiro atoms. The van der Waals surface area contributed by atoms with E-state index in [1.807, 2.05) is 0 Å². The molecule has 2 heterocycles. The molecule has 0 bridgehead atoms. The quantitative estimate of drug-likeness (QED) is 0.664.